The van der Waals surface area contributed by atoms with Crippen LogP contribution in [0.5, 0.6) is 5.75 Å². The highest BCUT2D eigenvalue weighted by molar-refractivity contribution is 6.42. The zero-order valence-electron chi connectivity index (χ0n) is 14.9. The fraction of sp³-hybridized carbons (Fsp3) is 0.278. The molecular formula is C18H19Cl2N5O2. The van der Waals surface area contributed by atoms with Crippen LogP contribution in [0.15, 0.2) is 42.7 Å². The van der Waals surface area contributed by atoms with Crippen LogP contribution in [0.2, 0.25) is 10.0 Å². The summed E-state index contributed by atoms with van der Waals surface area (Å²) in [5, 5.41) is 12.2. The van der Waals surface area contributed by atoms with Crippen molar-refractivity contribution in [1.29, 1.82) is 0 Å². The van der Waals surface area contributed by atoms with E-state index in [1.54, 1.807) is 30.5 Å². The summed E-state index contributed by atoms with van der Waals surface area (Å²) in [5.41, 5.74) is 1.08. The number of hydrogen-bond donors (Lipinski definition) is 1. The van der Waals surface area contributed by atoms with E-state index in [4.69, 9.17) is 27.9 Å². The third kappa shape index (κ3) is 4.61. The molecule has 0 saturated heterocycles. The van der Waals surface area contributed by atoms with E-state index in [0.29, 0.717) is 15.8 Å². The highest BCUT2D eigenvalue weighted by atomic mass is 35.5. The lowest BCUT2D eigenvalue weighted by molar-refractivity contribution is 0.0932. The van der Waals surface area contributed by atoms with Crippen molar-refractivity contribution in [1.82, 2.24) is 24.9 Å². The number of benzene rings is 1. The zero-order valence-corrected chi connectivity index (χ0v) is 16.4. The van der Waals surface area contributed by atoms with Crippen LogP contribution >= 0.6 is 23.2 Å². The Labute approximate surface area is 166 Å². The van der Waals surface area contributed by atoms with Crippen LogP contribution in [0, 0.1) is 0 Å². The van der Waals surface area contributed by atoms with E-state index in [0.717, 1.165) is 12.2 Å². The highest BCUT2D eigenvalue weighted by Gasteiger charge is 2.16. The van der Waals surface area contributed by atoms with E-state index in [2.05, 4.69) is 15.5 Å². The second-order valence-electron chi connectivity index (χ2n) is 5.86. The van der Waals surface area contributed by atoms with Gasteiger partial charge < -0.3 is 10.1 Å². The molecule has 0 fully saturated rings. The van der Waals surface area contributed by atoms with Gasteiger partial charge in [0.1, 0.15) is 16.5 Å². The first kappa shape index (κ1) is 19.3. The number of aryl methyl sites for hydroxylation is 1. The summed E-state index contributed by atoms with van der Waals surface area (Å²) >= 11 is 12.0. The van der Waals surface area contributed by atoms with Gasteiger partial charge in [0.2, 0.25) is 0 Å². The number of carbonyl (C=O) groups excluding carboxylic acids is 1. The summed E-state index contributed by atoms with van der Waals surface area (Å²) < 4.78 is 8.92. The standard InChI is InChI=1S/C18H19Cl2N5O2/c1-3-24-9-7-14(22-24)12(2)21-18(26)15-8-10-25(23-15)11-27-16-6-4-5-13(19)17(16)20/h4-10,12H,3,11H2,1-2H3,(H,21,26). The van der Waals surface area contributed by atoms with Gasteiger partial charge in [-0.25, -0.2) is 4.68 Å². The number of halogens is 2. The lowest BCUT2D eigenvalue weighted by Crippen LogP contribution is -2.27. The summed E-state index contributed by atoms with van der Waals surface area (Å²) in [5.74, 6) is 0.166. The van der Waals surface area contributed by atoms with E-state index in [1.165, 1.54) is 4.68 Å². The van der Waals surface area contributed by atoms with Crippen LogP contribution in [-0.2, 0) is 13.3 Å². The molecule has 2 aromatic heterocycles. The van der Waals surface area contributed by atoms with Crippen LogP contribution in [0.3, 0.4) is 0 Å². The van der Waals surface area contributed by atoms with Crippen molar-refractivity contribution < 1.29 is 9.53 Å². The predicted molar refractivity (Wildman–Crippen MR) is 103 cm³/mol. The number of amides is 1. The average molecular weight is 408 g/mol. The molecule has 3 rings (SSSR count). The topological polar surface area (TPSA) is 74.0 Å². The van der Waals surface area contributed by atoms with Crippen molar-refractivity contribution in [2.45, 2.75) is 33.2 Å². The van der Waals surface area contributed by atoms with E-state index >= 15 is 0 Å². The van der Waals surface area contributed by atoms with Crippen molar-refractivity contribution >= 4 is 29.1 Å². The number of aromatic nitrogens is 4. The maximum atomic E-state index is 12.4. The van der Waals surface area contributed by atoms with Gasteiger partial charge in [0.25, 0.3) is 5.91 Å². The molecule has 0 aliphatic rings. The predicted octanol–water partition coefficient (Wildman–Crippen LogP) is 3.93. The first-order valence-corrected chi connectivity index (χ1v) is 9.18. The lowest BCUT2D eigenvalue weighted by atomic mass is 10.2. The van der Waals surface area contributed by atoms with E-state index in [1.807, 2.05) is 30.8 Å². The van der Waals surface area contributed by atoms with Crippen molar-refractivity contribution in [2.24, 2.45) is 0 Å². The molecule has 2 heterocycles. The SMILES string of the molecule is CCn1ccc(C(C)NC(=O)c2ccn(COc3cccc(Cl)c3Cl)n2)n1. The molecule has 0 aliphatic heterocycles. The molecule has 9 heteroatoms. The summed E-state index contributed by atoms with van der Waals surface area (Å²) in [6, 6.07) is 8.41. The summed E-state index contributed by atoms with van der Waals surface area (Å²) in [6.07, 6.45) is 3.54. The largest absolute Gasteiger partial charge is 0.470 e. The Bertz CT molecular complexity index is 937. The second-order valence-corrected chi connectivity index (χ2v) is 6.64. The van der Waals surface area contributed by atoms with Gasteiger partial charge >= 0.3 is 0 Å². The summed E-state index contributed by atoms with van der Waals surface area (Å²) in [4.78, 5) is 12.4. The van der Waals surface area contributed by atoms with Gasteiger partial charge in [-0.2, -0.15) is 10.2 Å². The molecule has 7 nitrogen and oxygen atoms in total. The molecule has 0 radical (unpaired) electrons. The van der Waals surface area contributed by atoms with Crippen LogP contribution < -0.4 is 10.1 Å². The van der Waals surface area contributed by atoms with Gasteiger partial charge in [-0.1, -0.05) is 29.3 Å². The number of rotatable bonds is 7. The van der Waals surface area contributed by atoms with Crippen molar-refractivity contribution in [3.63, 3.8) is 0 Å². The van der Waals surface area contributed by atoms with Gasteiger partial charge in [0, 0.05) is 18.9 Å². The van der Waals surface area contributed by atoms with Gasteiger partial charge in [-0.15, -0.1) is 0 Å². The monoisotopic (exact) mass is 407 g/mol. The minimum Gasteiger partial charge on any atom is -0.470 e. The summed E-state index contributed by atoms with van der Waals surface area (Å²) in [6.45, 7) is 4.76. The Hall–Kier alpha value is -2.51. The molecule has 0 aliphatic carbocycles. The normalized spacial score (nSPS) is 12.0. The molecule has 142 valence electrons. The molecule has 1 N–H and O–H groups in total. The first-order valence-electron chi connectivity index (χ1n) is 8.42. The minimum atomic E-state index is -0.284. The molecule has 0 spiro atoms. The first-order chi connectivity index (χ1) is 13.0. The van der Waals surface area contributed by atoms with Gasteiger partial charge in [0.05, 0.1) is 16.8 Å². The Morgan fingerprint density at radius 3 is 2.70 bits per heavy atom. The number of ether oxygens (including phenoxy) is 1. The zero-order chi connectivity index (χ0) is 19.4. The number of nitrogens with one attached hydrogen (secondary N) is 1. The van der Waals surface area contributed by atoms with Crippen molar-refractivity contribution in [3.8, 4) is 5.75 Å². The van der Waals surface area contributed by atoms with Gasteiger partial charge in [0.15, 0.2) is 6.73 Å². The molecule has 1 unspecified atom stereocenters. The maximum Gasteiger partial charge on any atom is 0.272 e. The van der Waals surface area contributed by atoms with Crippen molar-refractivity contribution in [2.75, 3.05) is 0 Å². The van der Waals surface area contributed by atoms with E-state index < -0.39 is 0 Å². The number of nitrogens with zero attached hydrogens (tertiary/aromatic N) is 4. The number of carbonyl (C=O) groups is 1. The molecule has 27 heavy (non-hydrogen) atoms. The Kier molecular flexibility index (Phi) is 6.03. The average Bonchev–Trinajstić information content (AvgIpc) is 3.32. The Morgan fingerprint density at radius 2 is 1.96 bits per heavy atom. The molecule has 1 atom stereocenters. The second kappa shape index (κ2) is 8.45. The smallest absolute Gasteiger partial charge is 0.272 e. The fourth-order valence-corrected chi connectivity index (χ4v) is 2.76. The highest BCUT2D eigenvalue weighted by Crippen LogP contribution is 2.31. The van der Waals surface area contributed by atoms with E-state index in [-0.39, 0.29) is 24.4 Å². The third-order valence-electron chi connectivity index (χ3n) is 3.92. The Morgan fingerprint density at radius 1 is 1.19 bits per heavy atom. The molecule has 0 bridgehead atoms. The minimum absolute atomic E-state index is 0.101. The molecule has 1 amide bonds. The molecule has 3 aromatic rings. The van der Waals surface area contributed by atoms with Crippen molar-refractivity contribution in [3.05, 3.63) is 64.2 Å². The number of hydrogen-bond acceptors (Lipinski definition) is 4. The van der Waals surface area contributed by atoms with Gasteiger partial charge in [-0.05, 0) is 38.1 Å². The van der Waals surface area contributed by atoms with E-state index in [9.17, 15) is 4.79 Å². The molecular weight excluding hydrogens is 389 g/mol. The quantitative estimate of drug-likeness (QED) is 0.643. The van der Waals surface area contributed by atoms with Crippen LogP contribution in [-0.4, -0.2) is 25.5 Å². The third-order valence-corrected chi connectivity index (χ3v) is 4.72. The maximum absolute atomic E-state index is 12.4. The molecule has 1 aromatic carbocycles. The fourth-order valence-electron chi connectivity index (χ4n) is 2.41. The lowest BCUT2D eigenvalue weighted by Gasteiger charge is -2.10. The van der Waals surface area contributed by atoms with Gasteiger partial charge in [-0.3, -0.25) is 9.48 Å². The molecule has 0 saturated carbocycles. The summed E-state index contributed by atoms with van der Waals surface area (Å²) in [7, 11) is 0. The van der Waals surface area contributed by atoms with Crippen LogP contribution in [0.25, 0.3) is 0 Å². The Balaban J connectivity index is 1.59. The van der Waals surface area contributed by atoms with Crippen LogP contribution in [0.4, 0.5) is 0 Å². The van der Waals surface area contributed by atoms with Crippen LogP contribution in [0.1, 0.15) is 36.1 Å².